The molecule has 4 saturated carbocycles. The van der Waals surface area contributed by atoms with Crippen LogP contribution in [0.2, 0.25) is 0 Å². The van der Waals surface area contributed by atoms with Crippen molar-refractivity contribution in [2.24, 2.45) is 35.5 Å². The molecule has 0 amide bonds. The van der Waals surface area contributed by atoms with Crippen molar-refractivity contribution in [3.63, 3.8) is 0 Å². The van der Waals surface area contributed by atoms with Crippen LogP contribution in [0.1, 0.15) is 65.4 Å². The molecular weight excluding hydrogens is 484 g/mol. The number of rotatable bonds is 6. The summed E-state index contributed by atoms with van der Waals surface area (Å²) in [4.78, 5) is 26.5. The molecule has 4 bridgehead atoms. The maximum atomic E-state index is 13.9. The number of hydrogen-bond donors (Lipinski definition) is 0. The molecule has 8 rings (SSSR count). The molecule has 4 aliphatic carbocycles. The molecule has 1 atom stereocenters. The molecule has 0 radical (unpaired) electrons. The summed E-state index contributed by atoms with van der Waals surface area (Å²) in [5, 5.41) is 7.32. The lowest BCUT2D eigenvalue weighted by atomic mass is 9.50. The van der Waals surface area contributed by atoms with Crippen molar-refractivity contribution in [1.29, 1.82) is 0 Å². The Bertz CT molecular complexity index is 1550. The van der Waals surface area contributed by atoms with Crippen molar-refractivity contribution >= 4 is 44.3 Å². The summed E-state index contributed by atoms with van der Waals surface area (Å²) < 4.78 is 12.5. The summed E-state index contributed by atoms with van der Waals surface area (Å²) in [6.45, 7) is 8.07. The Morgan fingerprint density at radius 2 is 1.44 bits per heavy atom. The Morgan fingerprint density at radius 3 is 2.08 bits per heavy atom. The zero-order valence-electron chi connectivity index (χ0n) is 23.4. The van der Waals surface area contributed by atoms with Gasteiger partial charge in [0.2, 0.25) is 0 Å². The van der Waals surface area contributed by atoms with E-state index >= 15 is 0 Å². The van der Waals surface area contributed by atoms with Gasteiger partial charge in [-0.1, -0.05) is 62.4 Å². The SMILES string of the molecule is CCC(C)C(=O)OC1C2CC3CC1CC(C2)C3C(=O)OC(C)(C)c1cc2cccc3ccc4cccc1c4c32. The summed E-state index contributed by atoms with van der Waals surface area (Å²) in [5.74, 6) is 1.21. The molecule has 1 unspecified atom stereocenters. The predicted molar refractivity (Wildman–Crippen MR) is 155 cm³/mol. The van der Waals surface area contributed by atoms with E-state index in [2.05, 4.69) is 54.6 Å². The predicted octanol–water partition coefficient (Wildman–Crippen LogP) is 8.00. The van der Waals surface area contributed by atoms with Gasteiger partial charge in [-0.25, -0.2) is 0 Å². The minimum Gasteiger partial charge on any atom is -0.462 e. The fourth-order valence-electron chi connectivity index (χ4n) is 8.46. The second-order valence-corrected chi connectivity index (χ2v) is 13.1. The van der Waals surface area contributed by atoms with Crippen molar-refractivity contribution in [1.82, 2.24) is 0 Å². The molecule has 0 aromatic heterocycles. The van der Waals surface area contributed by atoms with Gasteiger partial charge in [-0.05, 0) is 108 Å². The molecule has 202 valence electrons. The Hall–Kier alpha value is -3.14. The van der Waals surface area contributed by atoms with Crippen LogP contribution < -0.4 is 0 Å². The lowest BCUT2D eigenvalue weighted by Crippen LogP contribution is -2.56. The normalized spacial score (nSPS) is 28.8. The van der Waals surface area contributed by atoms with Crippen LogP contribution in [0.5, 0.6) is 0 Å². The van der Waals surface area contributed by atoms with Gasteiger partial charge in [0.15, 0.2) is 0 Å². The van der Waals surface area contributed by atoms with E-state index in [4.69, 9.17) is 9.47 Å². The molecule has 4 heteroatoms. The van der Waals surface area contributed by atoms with E-state index in [0.29, 0.717) is 23.7 Å². The Morgan fingerprint density at radius 1 is 0.846 bits per heavy atom. The van der Waals surface area contributed by atoms with E-state index in [1.807, 2.05) is 27.7 Å². The van der Waals surface area contributed by atoms with Gasteiger partial charge < -0.3 is 9.47 Å². The van der Waals surface area contributed by atoms with Gasteiger partial charge in [-0.3, -0.25) is 9.59 Å². The standard InChI is InChI=1S/C35H38O4/c1-5-19(2)33(36)38-32-25-14-23-15-26(32)17-24(16-25)30(23)34(37)39-35(3,4)28-18-22-10-6-8-20-12-13-21-9-7-11-27(28)31(21)29(20)22/h6-13,18-19,23-26,30,32H,5,14-17H2,1-4H3. The zero-order chi connectivity index (χ0) is 27.1. The molecule has 0 aliphatic heterocycles. The molecular formula is C35H38O4. The molecule has 0 heterocycles. The molecule has 4 nitrogen and oxygen atoms in total. The van der Waals surface area contributed by atoms with Crippen molar-refractivity contribution in [3.05, 3.63) is 60.2 Å². The topological polar surface area (TPSA) is 52.6 Å². The number of esters is 2. The van der Waals surface area contributed by atoms with Crippen LogP contribution in [0.3, 0.4) is 0 Å². The van der Waals surface area contributed by atoms with E-state index in [1.165, 1.54) is 26.9 Å². The molecule has 4 fully saturated rings. The average Bonchev–Trinajstić information content (AvgIpc) is 2.92. The minimum absolute atomic E-state index is 0.0306. The highest BCUT2D eigenvalue weighted by molar-refractivity contribution is 6.23. The first-order valence-electron chi connectivity index (χ1n) is 14.9. The molecule has 4 aliphatic rings. The van der Waals surface area contributed by atoms with Gasteiger partial charge >= 0.3 is 11.9 Å². The fraction of sp³-hybridized carbons (Fsp3) is 0.486. The molecule has 0 saturated heterocycles. The fourth-order valence-corrected chi connectivity index (χ4v) is 8.46. The molecule has 0 spiro atoms. The van der Waals surface area contributed by atoms with Crippen LogP contribution in [0.4, 0.5) is 0 Å². The minimum atomic E-state index is -0.760. The lowest BCUT2D eigenvalue weighted by Gasteiger charge is -2.56. The Labute approximate surface area is 230 Å². The number of carbonyl (C=O) groups excluding carboxylic acids is 2. The highest BCUT2D eigenvalue weighted by Gasteiger charge is 2.57. The average molecular weight is 523 g/mol. The number of benzene rings is 4. The second kappa shape index (κ2) is 8.94. The molecule has 4 aromatic rings. The van der Waals surface area contributed by atoms with E-state index in [1.54, 1.807) is 0 Å². The van der Waals surface area contributed by atoms with Crippen LogP contribution in [-0.4, -0.2) is 18.0 Å². The van der Waals surface area contributed by atoms with E-state index < -0.39 is 5.60 Å². The zero-order valence-corrected chi connectivity index (χ0v) is 23.4. The number of ether oxygens (including phenoxy) is 2. The van der Waals surface area contributed by atoms with Gasteiger partial charge in [0, 0.05) is 5.56 Å². The number of carbonyl (C=O) groups is 2. The molecule has 4 aromatic carbocycles. The molecule has 39 heavy (non-hydrogen) atoms. The summed E-state index contributed by atoms with van der Waals surface area (Å²) in [6, 6.07) is 19.5. The van der Waals surface area contributed by atoms with E-state index in [-0.39, 0.29) is 29.9 Å². The quantitative estimate of drug-likeness (QED) is 0.190. The van der Waals surface area contributed by atoms with E-state index in [0.717, 1.165) is 43.1 Å². The summed E-state index contributed by atoms with van der Waals surface area (Å²) in [5.41, 5.74) is 0.304. The largest absolute Gasteiger partial charge is 0.462 e. The first kappa shape index (κ1) is 24.9. The van der Waals surface area contributed by atoms with Crippen LogP contribution >= 0.6 is 0 Å². The van der Waals surface area contributed by atoms with Crippen LogP contribution in [0, 0.1) is 35.5 Å². The molecule has 0 N–H and O–H groups in total. The summed E-state index contributed by atoms with van der Waals surface area (Å²) in [7, 11) is 0. The highest BCUT2D eigenvalue weighted by Crippen LogP contribution is 2.58. The first-order chi connectivity index (χ1) is 18.7. The Kier molecular flexibility index (Phi) is 5.70. The van der Waals surface area contributed by atoms with Crippen molar-refractivity contribution in [2.75, 3.05) is 0 Å². The third-order valence-electron chi connectivity index (χ3n) is 10.4. The summed E-state index contributed by atoms with van der Waals surface area (Å²) >= 11 is 0. The summed E-state index contributed by atoms with van der Waals surface area (Å²) in [6.07, 6.45) is 4.68. The third-order valence-corrected chi connectivity index (χ3v) is 10.4. The maximum absolute atomic E-state index is 13.9. The maximum Gasteiger partial charge on any atom is 0.310 e. The Balaban J connectivity index is 1.15. The first-order valence-corrected chi connectivity index (χ1v) is 14.9. The van der Waals surface area contributed by atoms with Gasteiger partial charge in [-0.2, -0.15) is 0 Å². The number of hydrogen-bond acceptors (Lipinski definition) is 4. The van der Waals surface area contributed by atoms with Crippen molar-refractivity contribution in [2.45, 2.75) is 71.5 Å². The smallest absolute Gasteiger partial charge is 0.310 e. The van der Waals surface area contributed by atoms with Gasteiger partial charge in [0.1, 0.15) is 11.7 Å². The van der Waals surface area contributed by atoms with E-state index in [9.17, 15) is 9.59 Å². The highest BCUT2D eigenvalue weighted by atomic mass is 16.6. The van der Waals surface area contributed by atoms with Gasteiger partial charge in [0.05, 0.1) is 11.8 Å². The van der Waals surface area contributed by atoms with Gasteiger partial charge in [-0.15, -0.1) is 0 Å². The lowest BCUT2D eigenvalue weighted by molar-refractivity contribution is -0.195. The monoisotopic (exact) mass is 522 g/mol. The van der Waals surface area contributed by atoms with Crippen LogP contribution in [-0.2, 0) is 24.7 Å². The third kappa shape index (κ3) is 3.85. The second-order valence-electron chi connectivity index (χ2n) is 13.1. The van der Waals surface area contributed by atoms with Crippen LogP contribution in [0.25, 0.3) is 32.3 Å². The van der Waals surface area contributed by atoms with Crippen molar-refractivity contribution in [3.8, 4) is 0 Å². The van der Waals surface area contributed by atoms with Gasteiger partial charge in [0.25, 0.3) is 0 Å². The van der Waals surface area contributed by atoms with Crippen molar-refractivity contribution < 1.29 is 19.1 Å². The van der Waals surface area contributed by atoms with Crippen LogP contribution in [0.15, 0.2) is 54.6 Å².